The molecule has 6 heteroatoms. The number of piperazine rings is 1. The largest absolute Gasteiger partial charge is 0.340 e. The van der Waals surface area contributed by atoms with Gasteiger partial charge in [0.2, 0.25) is 5.91 Å². The zero-order valence-corrected chi connectivity index (χ0v) is 14.2. The molecule has 1 aromatic carbocycles. The Labute approximate surface area is 138 Å². The van der Waals surface area contributed by atoms with E-state index in [9.17, 15) is 4.79 Å². The van der Waals surface area contributed by atoms with Gasteiger partial charge in [0.25, 0.3) is 0 Å². The second-order valence-corrected chi connectivity index (χ2v) is 6.44. The maximum Gasteiger partial charge on any atom is 0.227 e. The van der Waals surface area contributed by atoms with E-state index in [2.05, 4.69) is 20.8 Å². The molecule has 0 spiro atoms. The van der Waals surface area contributed by atoms with E-state index < -0.39 is 0 Å². The number of rotatable bonds is 4. The lowest BCUT2D eigenvalue weighted by molar-refractivity contribution is -0.132. The van der Waals surface area contributed by atoms with Crippen molar-refractivity contribution < 1.29 is 4.79 Å². The molecule has 110 valence electrons. The Morgan fingerprint density at radius 2 is 1.85 bits per heavy atom. The normalized spacial score (nSPS) is 16.4. The molecule has 0 aromatic heterocycles. The van der Waals surface area contributed by atoms with Crippen molar-refractivity contribution in [3.05, 3.63) is 33.8 Å². The average molecular weight is 380 g/mol. The average Bonchev–Trinajstić information content (AvgIpc) is 2.44. The van der Waals surface area contributed by atoms with Crippen LogP contribution in [0.15, 0.2) is 18.2 Å². The number of hydrogen-bond donors (Lipinski definition) is 0. The van der Waals surface area contributed by atoms with E-state index in [0.29, 0.717) is 16.5 Å². The first-order valence-electron chi connectivity index (χ1n) is 6.60. The summed E-state index contributed by atoms with van der Waals surface area (Å²) in [5, 5.41) is 2.00. The lowest BCUT2D eigenvalue weighted by Gasteiger charge is -2.34. The van der Waals surface area contributed by atoms with Gasteiger partial charge in [0.1, 0.15) is 0 Å². The molecular formula is C14H17BrCl2N2O. The summed E-state index contributed by atoms with van der Waals surface area (Å²) in [4.78, 5) is 16.5. The van der Waals surface area contributed by atoms with E-state index in [4.69, 9.17) is 23.2 Å². The van der Waals surface area contributed by atoms with Gasteiger partial charge < -0.3 is 4.90 Å². The number of halogens is 3. The second kappa shape index (κ2) is 7.64. The van der Waals surface area contributed by atoms with Crippen molar-refractivity contribution in [2.24, 2.45) is 0 Å². The SMILES string of the molecule is O=C(Cc1ccc(Cl)c(Cl)c1)N1CCN(CCBr)CC1. The van der Waals surface area contributed by atoms with Gasteiger partial charge >= 0.3 is 0 Å². The molecule has 0 bridgehead atoms. The fourth-order valence-corrected chi connectivity index (χ4v) is 3.10. The van der Waals surface area contributed by atoms with Crippen molar-refractivity contribution in [1.82, 2.24) is 9.80 Å². The molecule has 0 N–H and O–H groups in total. The van der Waals surface area contributed by atoms with Crippen LogP contribution in [0.5, 0.6) is 0 Å². The Balaban J connectivity index is 1.88. The molecule has 0 radical (unpaired) electrons. The highest BCUT2D eigenvalue weighted by molar-refractivity contribution is 9.09. The molecule has 0 aliphatic carbocycles. The van der Waals surface area contributed by atoms with Crippen LogP contribution < -0.4 is 0 Å². The molecule has 1 fully saturated rings. The van der Waals surface area contributed by atoms with E-state index in [0.717, 1.165) is 43.6 Å². The first kappa shape index (κ1) is 16.1. The summed E-state index contributed by atoms with van der Waals surface area (Å²) in [6.45, 7) is 4.52. The molecule has 0 unspecified atom stereocenters. The van der Waals surface area contributed by atoms with E-state index in [-0.39, 0.29) is 5.91 Å². The van der Waals surface area contributed by atoms with Gasteiger partial charge in [-0.15, -0.1) is 0 Å². The molecule has 0 atom stereocenters. The number of carbonyl (C=O) groups excluding carboxylic acids is 1. The fraction of sp³-hybridized carbons (Fsp3) is 0.500. The molecular weight excluding hydrogens is 363 g/mol. The predicted molar refractivity (Wildman–Crippen MR) is 87.0 cm³/mol. The second-order valence-electron chi connectivity index (χ2n) is 4.84. The number of benzene rings is 1. The van der Waals surface area contributed by atoms with Gasteiger partial charge in [-0.25, -0.2) is 0 Å². The first-order valence-corrected chi connectivity index (χ1v) is 8.48. The number of hydrogen-bond acceptors (Lipinski definition) is 2. The van der Waals surface area contributed by atoms with Crippen LogP contribution in [-0.4, -0.2) is 53.8 Å². The molecule has 3 nitrogen and oxygen atoms in total. The molecule has 1 aliphatic rings. The minimum absolute atomic E-state index is 0.155. The van der Waals surface area contributed by atoms with Gasteiger partial charge in [0.15, 0.2) is 0 Å². The Hall–Kier alpha value is -0.290. The monoisotopic (exact) mass is 378 g/mol. The van der Waals surface area contributed by atoms with Gasteiger partial charge in [-0.3, -0.25) is 9.69 Å². The number of amides is 1. The maximum absolute atomic E-state index is 12.3. The number of nitrogens with zero attached hydrogens (tertiary/aromatic N) is 2. The Kier molecular flexibility index (Phi) is 6.15. The summed E-state index contributed by atoms with van der Waals surface area (Å²) >= 11 is 15.3. The van der Waals surface area contributed by atoms with Gasteiger partial charge in [-0.05, 0) is 17.7 Å². The molecule has 1 aliphatic heterocycles. The summed E-state index contributed by atoms with van der Waals surface area (Å²) < 4.78 is 0. The number of carbonyl (C=O) groups is 1. The van der Waals surface area contributed by atoms with E-state index in [1.165, 1.54) is 0 Å². The molecule has 1 aromatic rings. The third kappa shape index (κ3) is 4.35. The quantitative estimate of drug-likeness (QED) is 0.750. The highest BCUT2D eigenvalue weighted by Crippen LogP contribution is 2.23. The molecule has 0 saturated carbocycles. The highest BCUT2D eigenvalue weighted by Gasteiger charge is 2.20. The van der Waals surface area contributed by atoms with Crippen molar-refractivity contribution >= 4 is 45.0 Å². The molecule has 2 rings (SSSR count). The van der Waals surface area contributed by atoms with Crippen LogP contribution >= 0.6 is 39.1 Å². The third-order valence-corrected chi connectivity index (χ3v) is 4.56. The molecule has 1 heterocycles. The standard InChI is InChI=1S/C14H17BrCl2N2O/c15-3-4-18-5-7-19(8-6-18)14(20)10-11-1-2-12(16)13(17)9-11/h1-2,9H,3-8,10H2. The zero-order chi connectivity index (χ0) is 14.5. The first-order chi connectivity index (χ1) is 9.60. The molecule has 1 amide bonds. The smallest absolute Gasteiger partial charge is 0.227 e. The Bertz CT molecular complexity index is 476. The summed E-state index contributed by atoms with van der Waals surface area (Å²) in [7, 11) is 0. The van der Waals surface area contributed by atoms with Crippen LogP contribution in [0.1, 0.15) is 5.56 Å². The summed E-state index contributed by atoms with van der Waals surface area (Å²) in [6, 6.07) is 5.36. The lowest BCUT2D eigenvalue weighted by atomic mass is 10.1. The van der Waals surface area contributed by atoms with Gasteiger partial charge in [-0.2, -0.15) is 0 Å². The minimum atomic E-state index is 0.155. The van der Waals surface area contributed by atoms with Crippen LogP contribution in [0, 0.1) is 0 Å². The van der Waals surface area contributed by atoms with Crippen molar-refractivity contribution in [2.75, 3.05) is 38.1 Å². The topological polar surface area (TPSA) is 23.6 Å². The van der Waals surface area contributed by atoms with E-state index in [1.807, 2.05) is 11.0 Å². The van der Waals surface area contributed by atoms with Crippen LogP contribution in [-0.2, 0) is 11.2 Å². The summed E-state index contributed by atoms with van der Waals surface area (Å²) in [5.74, 6) is 0.155. The zero-order valence-electron chi connectivity index (χ0n) is 11.1. The van der Waals surface area contributed by atoms with Crippen LogP contribution in [0.3, 0.4) is 0 Å². The van der Waals surface area contributed by atoms with Gasteiger partial charge in [0.05, 0.1) is 16.5 Å². The molecule has 1 saturated heterocycles. The van der Waals surface area contributed by atoms with Crippen LogP contribution in [0.2, 0.25) is 10.0 Å². The molecule has 20 heavy (non-hydrogen) atoms. The van der Waals surface area contributed by atoms with E-state index >= 15 is 0 Å². The highest BCUT2D eigenvalue weighted by atomic mass is 79.9. The lowest BCUT2D eigenvalue weighted by Crippen LogP contribution is -2.49. The van der Waals surface area contributed by atoms with Crippen LogP contribution in [0.25, 0.3) is 0 Å². The maximum atomic E-state index is 12.3. The summed E-state index contributed by atoms with van der Waals surface area (Å²) in [6.07, 6.45) is 0.384. The van der Waals surface area contributed by atoms with Crippen molar-refractivity contribution in [1.29, 1.82) is 0 Å². The predicted octanol–water partition coefficient (Wildman–Crippen LogP) is 3.08. The van der Waals surface area contributed by atoms with Crippen LogP contribution in [0.4, 0.5) is 0 Å². The van der Waals surface area contributed by atoms with Gasteiger partial charge in [-0.1, -0.05) is 45.2 Å². The minimum Gasteiger partial charge on any atom is -0.340 e. The van der Waals surface area contributed by atoms with Crippen molar-refractivity contribution in [3.63, 3.8) is 0 Å². The Morgan fingerprint density at radius 1 is 1.15 bits per heavy atom. The van der Waals surface area contributed by atoms with Gasteiger partial charge in [0, 0.05) is 38.1 Å². The fourth-order valence-electron chi connectivity index (χ4n) is 2.28. The van der Waals surface area contributed by atoms with Crippen molar-refractivity contribution in [2.45, 2.75) is 6.42 Å². The summed E-state index contributed by atoms with van der Waals surface area (Å²) in [5.41, 5.74) is 0.910. The third-order valence-electron chi connectivity index (χ3n) is 3.47. The number of alkyl halides is 1. The van der Waals surface area contributed by atoms with E-state index in [1.54, 1.807) is 12.1 Å². The Morgan fingerprint density at radius 3 is 2.45 bits per heavy atom. The van der Waals surface area contributed by atoms with Crippen molar-refractivity contribution in [3.8, 4) is 0 Å².